The predicted octanol–water partition coefficient (Wildman–Crippen LogP) is 2.17. The Hall–Kier alpha value is -0.940. The Morgan fingerprint density at radius 2 is 2.00 bits per heavy atom. The summed E-state index contributed by atoms with van der Waals surface area (Å²) in [7, 11) is -3.09. The quantitative estimate of drug-likeness (QED) is 0.358. The Kier molecular flexibility index (Phi) is 9.80. The molecule has 0 unspecified atom stereocenters. The fourth-order valence-electron chi connectivity index (χ4n) is 2.83. The van der Waals surface area contributed by atoms with E-state index in [0.29, 0.717) is 31.5 Å². The Morgan fingerprint density at radius 1 is 1.31 bits per heavy atom. The molecule has 1 aromatic rings. The number of hydrogen-bond donors (Lipinski definition) is 2. The van der Waals surface area contributed by atoms with Crippen LogP contribution in [0.1, 0.15) is 25.3 Å². The third-order valence-corrected chi connectivity index (χ3v) is 5.56. The summed E-state index contributed by atoms with van der Waals surface area (Å²) in [5.74, 6) is 0.844. The van der Waals surface area contributed by atoms with Crippen molar-refractivity contribution < 1.29 is 12.8 Å². The van der Waals surface area contributed by atoms with Gasteiger partial charge in [0.05, 0.1) is 12.8 Å². The molecule has 1 heterocycles. The maximum absolute atomic E-state index is 13.2. The molecule has 1 saturated heterocycles. The highest BCUT2D eigenvalue weighted by Gasteiger charge is 2.24. The number of guanidine groups is 1. The second-order valence-corrected chi connectivity index (χ2v) is 8.29. The molecule has 0 atom stereocenters. The molecule has 0 aliphatic carbocycles. The second kappa shape index (κ2) is 11.0. The number of nitrogens with zero attached hydrogens (tertiary/aromatic N) is 2. The molecular formula is C17H28FIN4O2S. The molecule has 0 spiro atoms. The molecule has 0 bridgehead atoms. The van der Waals surface area contributed by atoms with Crippen LogP contribution >= 0.6 is 24.0 Å². The average molecular weight is 498 g/mol. The highest BCUT2D eigenvalue weighted by Crippen LogP contribution is 2.18. The third-order valence-electron chi connectivity index (χ3n) is 4.25. The van der Waals surface area contributed by atoms with E-state index in [9.17, 15) is 12.8 Å². The molecule has 0 saturated carbocycles. The van der Waals surface area contributed by atoms with Gasteiger partial charge < -0.3 is 10.6 Å². The third kappa shape index (κ3) is 7.75. The minimum Gasteiger partial charge on any atom is -0.357 e. The van der Waals surface area contributed by atoms with Crippen LogP contribution in [0.4, 0.5) is 4.39 Å². The number of hydrogen-bond acceptors (Lipinski definition) is 3. The summed E-state index contributed by atoms with van der Waals surface area (Å²) >= 11 is 0. The fourth-order valence-corrected chi connectivity index (χ4v) is 3.71. The first-order valence-corrected chi connectivity index (χ1v) is 10.4. The van der Waals surface area contributed by atoms with Gasteiger partial charge in [-0.1, -0.05) is 12.1 Å². The highest BCUT2D eigenvalue weighted by molar-refractivity contribution is 14.0. The van der Waals surface area contributed by atoms with E-state index in [1.54, 1.807) is 6.07 Å². The Labute approximate surface area is 172 Å². The average Bonchev–Trinajstić information content (AvgIpc) is 2.57. The molecule has 0 radical (unpaired) electrons. The van der Waals surface area contributed by atoms with E-state index in [-0.39, 0.29) is 29.8 Å². The van der Waals surface area contributed by atoms with Gasteiger partial charge in [-0.25, -0.2) is 22.1 Å². The number of aliphatic imine (C=N–C) groups is 1. The van der Waals surface area contributed by atoms with Gasteiger partial charge in [-0.05, 0) is 43.4 Å². The standard InChI is InChI=1S/C17H27FN4O2S.HI/c1-3-19-17(21-13-15-5-4-6-16(18)11-15)20-12-14-7-9-22(10-8-14)25(2,23)24;/h4-6,11,14H,3,7-10,12-13H2,1-2H3,(H2,19,20,21);1H. The van der Waals surface area contributed by atoms with Gasteiger partial charge in [-0.15, -0.1) is 24.0 Å². The molecule has 0 aromatic heterocycles. The number of benzene rings is 1. The lowest BCUT2D eigenvalue weighted by atomic mass is 9.98. The monoisotopic (exact) mass is 498 g/mol. The van der Waals surface area contributed by atoms with Crippen molar-refractivity contribution in [1.82, 2.24) is 14.9 Å². The summed E-state index contributed by atoms with van der Waals surface area (Å²) in [6, 6.07) is 6.42. The fraction of sp³-hybridized carbons (Fsp3) is 0.588. The molecule has 26 heavy (non-hydrogen) atoms. The van der Waals surface area contributed by atoms with E-state index in [1.165, 1.54) is 22.7 Å². The molecule has 6 nitrogen and oxygen atoms in total. The zero-order valence-electron chi connectivity index (χ0n) is 15.2. The minimum absolute atomic E-state index is 0. The van der Waals surface area contributed by atoms with Gasteiger partial charge in [-0.3, -0.25) is 0 Å². The number of sulfonamides is 1. The van der Waals surface area contributed by atoms with Crippen LogP contribution in [-0.2, 0) is 16.6 Å². The topological polar surface area (TPSA) is 73.8 Å². The number of rotatable bonds is 6. The Morgan fingerprint density at radius 3 is 2.58 bits per heavy atom. The van der Waals surface area contributed by atoms with Crippen molar-refractivity contribution in [3.63, 3.8) is 0 Å². The van der Waals surface area contributed by atoms with Crippen molar-refractivity contribution in [3.8, 4) is 0 Å². The molecule has 2 rings (SSSR count). The molecule has 148 valence electrons. The largest absolute Gasteiger partial charge is 0.357 e. The van der Waals surface area contributed by atoms with Crippen molar-refractivity contribution in [2.45, 2.75) is 26.3 Å². The minimum atomic E-state index is -3.09. The van der Waals surface area contributed by atoms with Crippen LogP contribution in [0.2, 0.25) is 0 Å². The smallest absolute Gasteiger partial charge is 0.211 e. The van der Waals surface area contributed by atoms with Crippen LogP contribution in [-0.4, -0.2) is 51.1 Å². The van der Waals surface area contributed by atoms with Crippen LogP contribution in [0.15, 0.2) is 29.3 Å². The van der Waals surface area contributed by atoms with Gasteiger partial charge in [0.15, 0.2) is 5.96 Å². The maximum Gasteiger partial charge on any atom is 0.211 e. The van der Waals surface area contributed by atoms with Gasteiger partial charge in [0, 0.05) is 26.2 Å². The predicted molar refractivity (Wildman–Crippen MR) is 114 cm³/mol. The lowest BCUT2D eigenvalue weighted by Crippen LogP contribution is -2.44. The normalized spacial score (nSPS) is 16.8. The first-order valence-electron chi connectivity index (χ1n) is 8.60. The van der Waals surface area contributed by atoms with Crippen LogP contribution < -0.4 is 10.6 Å². The van der Waals surface area contributed by atoms with E-state index >= 15 is 0 Å². The summed E-state index contributed by atoms with van der Waals surface area (Å²) in [6.07, 6.45) is 2.93. The number of halogens is 2. The lowest BCUT2D eigenvalue weighted by Gasteiger charge is -2.30. The van der Waals surface area contributed by atoms with Gasteiger partial charge in [0.1, 0.15) is 5.82 Å². The van der Waals surface area contributed by atoms with Gasteiger partial charge >= 0.3 is 0 Å². The number of nitrogens with one attached hydrogen (secondary N) is 2. The van der Waals surface area contributed by atoms with E-state index in [0.717, 1.165) is 31.5 Å². The summed E-state index contributed by atoms with van der Waals surface area (Å²) in [4.78, 5) is 4.48. The highest BCUT2D eigenvalue weighted by atomic mass is 127. The zero-order valence-corrected chi connectivity index (χ0v) is 18.4. The molecule has 1 aliphatic rings. The lowest BCUT2D eigenvalue weighted by molar-refractivity contribution is 0.275. The van der Waals surface area contributed by atoms with Crippen LogP contribution in [0.5, 0.6) is 0 Å². The summed E-state index contributed by atoms with van der Waals surface area (Å²) < 4.78 is 37.8. The van der Waals surface area contributed by atoms with Crippen molar-refractivity contribution in [3.05, 3.63) is 35.6 Å². The first-order chi connectivity index (χ1) is 11.9. The van der Waals surface area contributed by atoms with Gasteiger partial charge in [0.2, 0.25) is 10.0 Å². The zero-order chi connectivity index (χ0) is 18.3. The molecule has 9 heteroatoms. The van der Waals surface area contributed by atoms with Crippen LogP contribution in [0, 0.1) is 11.7 Å². The van der Waals surface area contributed by atoms with E-state index in [2.05, 4.69) is 15.6 Å². The Balaban J connectivity index is 0.00000338. The molecule has 1 aliphatic heterocycles. The van der Waals surface area contributed by atoms with Gasteiger partial charge in [-0.2, -0.15) is 0 Å². The van der Waals surface area contributed by atoms with Crippen molar-refractivity contribution in [2.75, 3.05) is 32.4 Å². The van der Waals surface area contributed by atoms with Crippen molar-refractivity contribution in [1.29, 1.82) is 0 Å². The summed E-state index contributed by atoms with van der Waals surface area (Å²) in [5, 5.41) is 6.48. The number of piperidine rings is 1. The summed E-state index contributed by atoms with van der Waals surface area (Å²) in [5.41, 5.74) is 0.818. The van der Waals surface area contributed by atoms with Crippen LogP contribution in [0.3, 0.4) is 0 Å². The molecule has 1 aromatic carbocycles. The second-order valence-electron chi connectivity index (χ2n) is 6.31. The summed E-state index contributed by atoms with van der Waals surface area (Å²) in [6.45, 7) is 5.02. The van der Waals surface area contributed by atoms with Crippen molar-refractivity contribution >= 4 is 40.0 Å². The van der Waals surface area contributed by atoms with Crippen molar-refractivity contribution in [2.24, 2.45) is 10.9 Å². The SMILES string of the molecule is CCNC(=NCc1cccc(F)c1)NCC1CCN(S(C)(=O)=O)CC1.I. The molecule has 1 fully saturated rings. The van der Waals surface area contributed by atoms with E-state index < -0.39 is 10.0 Å². The van der Waals surface area contributed by atoms with Crippen LogP contribution in [0.25, 0.3) is 0 Å². The first kappa shape index (κ1) is 23.1. The molecular weight excluding hydrogens is 470 g/mol. The van der Waals surface area contributed by atoms with E-state index in [1.807, 2.05) is 13.0 Å². The van der Waals surface area contributed by atoms with Gasteiger partial charge in [0.25, 0.3) is 0 Å². The molecule has 2 N–H and O–H groups in total. The van der Waals surface area contributed by atoms with E-state index in [4.69, 9.17) is 0 Å². The molecule has 0 amide bonds. The maximum atomic E-state index is 13.2. The Bertz CT molecular complexity index is 692.